The van der Waals surface area contributed by atoms with E-state index in [1.54, 1.807) is 5.10 Å². The number of alkyl halides is 3. The third-order valence-electron chi connectivity index (χ3n) is 1.56. The minimum Gasteiger partial charge on any atom is -0.313 e. The number of Topliss-reactive ketones (excluding diaryl/α,β-unsaturated/α-hetero) is 1. The first-order valence-electron chi connectivity index (χ1n) is 3.75. The van der Waals surface area contributed by atoms with Crippen LogP contribution in [-0.2, 0) is 6.18 Å². The van der Waals surface area contributed by atoms with Gasteiger partial charge in [-0.15, -0.1) is 0 Å². The fraction of sp³-hybridized carbons (Fsp3) is 0.429. The van der Waals surface area contributed by atoms with Crippen molar-refractivity contribution in [1.29, 1.82) is 0 Å². The minimum atomic E-state index is -4.57. The first-order chi connectivity index (χ1) is 6.46. The highest BCUT2D eigenvalue weighted by atomic mass is 19.4. The van der Waals surface area contributed by atoms with Gasteiger partial charge in [0.15, 0.2) is 5.78 Å². The predicted molar refractivity (Wildman–Crippen MR) is 41.8 cm³/mol. The van der Waals surface area contributed by atoms with Gasteiger partial charge in [-0.1, -0.05) is 0 Å². The van der Waals surface area contributed by atoms with Crippen molar-refractivity contribution in [3.05, 3.63) is 17.5 Å². The van der Waals surface area contributed by atoms with Crippen molar-refractivity contribution in [1.82, 2.24) is 15.5 Å². The number of aromatic amines is 1. The summed E-state index contributed by atoms with van der Waals surface area (Å²) in [5.41, 5.74) is -1.54. The molecule has 0 saturated heterocycles. The van der Waals surface area contributed by atoms with Crippen LogP contribution in [0.4, 0.5) is 13.2 Å². The van der Waals surface area contributed by atoms with Crippen LogP contribution in [-0.4, -0.2) is 29.6 Å². The Bertz CT molecular complexity index is 331. The Labute approximate surface area is 77.5 Å². The molecule has 78 valence electrons. The number of H-pyrrole nitrogens is 1. The van der Waals surface area contributed by atoms with Crippen molar-refractivity contribution in [2.24, 2.45) is 0 Å². The Morgan fingerprint density at radius 1 is 1.64 bits per heavy atom. The zero-order chi connectivity index (χ0) is 10.8. The van der Waals surface area contributed by atoms with E-state index < -0.39 is 23.2 Å². The van der Waals surface area contributed by atoms with E-state index >= 15 is 0 Å². The minimum absolute atomic E-state index is 0.150. The van der Waals surface area contributed by atoms with Crippen LogP contribution in [0.25, 0.3) is 0 Å². The number of hydrogen-bond donors (Lipinski definition) is 2. The fourth-order valence-electron chi connectivity index (χ4n) is 0.969. The molecule has 2 N–H and O–H groups in total. The number of carbonyl (C=O) groups is 1. The van der Waals surface area contributed by atoms with E-state index in [0.717, 1.165) is 6.20 Å². The highest BCUT2D eigenvalue weighted by Gasteiger charge is 2.37. The van der Waals surface area contributed by atoms with Gasteiger partial charge in [-0.05, 0) is 7.05 Å². The van der Waals surface area contributed by atoms with Crippen LogP contribution in [0.3, 0.4) is 0 Å². The normalized spacial score (nSPS) is 11.7. The lowest BCUT2D eigenvalue weighted by Gasteiger charge is -2.05. The molecule has 1 aromatic rings. The van der Waals surface area contributed by atoms with Crippen molar-refractivity contribution >= 4 is 5.78 Å². The molecule has 0 unspecified atom stereocenters. The van der Waals surface area contributed by atoms with Gasteiger partial charge < -0.3 is 5.32 Å². The van der Waals surface area contributed by atoms with Gasteiger partial charge in [0.1, 0.15) is 5.69 Å². The summed E-state index contributed by atoms with van der Waals surface area (Å²) in [6.07, 6.45) is -3.70. The van der Waals surface area contributed by atoms with E-state index in [1.165, 1.54) is 7.05 Å². The maximum atomic E-state index is 12.2. The van der Waals surface area contributed by atoms with Gasteiger partial charge in [0, 0.05) is 0 Å². The average Bonchev–Trinajstić information content (AvgIpc) is 2.50. The molecule has 0 aliphatic rings. The fourth-order valence-corrected chi connectivity index (χ4v) is 0.969. The third-order valence-corrected chi connectivity index (χ3v) is 1.56. The maximum Gasteiger partial charge on any atom is 0.433 e. The van der Waals surface area contributed by atoms with Gasteiger partial charge in [0.05, 0.1) is 18.3 Å². The quantitative estimate of drug-likeness (QED) is 0.722. The van der Waals surface area contributed by atoms with E-state index in [1.807, 2.05) is 0 Å². The zero-order valence-electron chi connectivity index (χ0n) is 7.27. The van der Waals surface area contributed by atoms with Crippen LogP contribution in [0.1, 0.15) is 16.1 Å². The molecule has 1 rings (SSSR count). The number of nitrogens with zero attached hydrogens (tertiary/aromatic N) is 1. The summed E-state index contributed by atoms with van der Waals surface area (Å²) in [7, 11) is 1.48. The van der Waals surface area contributed by atoms with Crippen LogP contribution in [0.15, 0.2) is 6.20 Å². The maximum absolute atomic E-state index is 12.2. The number of carbonyl (C=O) groups excluding carboxylic acids is 1. The largest absolute Gasteiger partial charge is 0.433 e. The molecule has 14 heavy (non-hydrogen) atoms. The van der Waals surface area contributed by atoms with E-state index in [4.69, 9.17) is 0 Å². The van der Waals surface area contributed by atoms with Gasteiger partial charge in [-0.3, -0.25) is 9.89 Å². The highest BCUT2D eigenvalue weighted by Crippen LogP contribution is 2.29. The second kappa shape index (κ2) is 3.79. The molecule has 0 fully saturated rings. The molecule has 1 heterocycles. The van der Waals surface area contributed by atoms with Crippen LogP contribution >= 0.6 is 0 Å². The SMILES string of the molecule is CNCC(=O)c1cn[nH]c1C(F)(F)F. The van der Waals surface area contributed by atoms with Crippen LogP contribution in [0.5, 0.6) is 0 Å². The van der Waals surface area contributed by atoms with Gasteiger partial charge >= 0.3 is 6.18 Å². The highest BCUT2D eigenvalue weighted by molar-refractivity contribution is 5.98. The summed E-state index contributed by atoms with van der Waals surface area (Å²) in [5.74, 6) is -0.645. The summed E-state index contributed by atoms with van der Waals surface area (Å²) in [5, 5.41) is 7.44. The Morgan fingerprint density at radius 3 is 2.79 bits per heavy atom. The predicted octanol–water partition coefficient (Wildman–Crippen LogP) is 0.831. The summed E-state index contributed by atoms with van der Waals surface area (Å²) in [4.78, 5) is 11.2. The Balaban J connectivity index is 2.99. The smallest absolute Gasteiger partial charge is 0.313 e. The first-order valence-corrected chi connectivity index (χ1v) is 3.75. The molecule has 0 aromatic carbocycles. The van der Waals surface area contributed by atoms with Crippen LogP contribution in [0, 0.1) is 0 Å². The number of halogens is 3. The van der Waals surface area contributed by atoms with Crippen molar-refractivity contribution in [2.75, 3.05) is 13.6 Å². The molecule has 1 aromatic heterocycles. The Morgan fingerprint density at radius 2 is 2.29 bits per heavy atom. The molecule has 0 saturated carbocycles. The third kappa shape index (κ3) is 2.11. The number of ketones is 1. The lowest BCUT2D eigenvalue weighted by molar-refractivity contribution is -0.141. The van der Waals surface area contributed by atoms with Gasteiger partial charge in [-0.25, -0.2) is 0 Å². The van der Waals surface area contributed by atoms with E-state index in [-0.39, 0.29) is 6.54 Å². The molecule has 0 radical (unpaired) electrons. The number of hydrogen-bond acceptors (Lipinski definition) is 3. The lowest BCUT2D eigenvalue weighted by atomic mass is 10.1. The van der Waals surface area contributed by atoms with Gasteiger partial charge in [0.2, 0.25) is 0 Å². The topological polar surface area (TPSA) is 57.8 Å². The molecule has 7 heteroatoms. The van der Waals surface area contributed by atoms with E-state index in [2.05, 4.69) is 10.4 Å². The molecular weight excluding hydrogens is 199 g/mol. The van der Waals surface area contributed by atoms with Crippen molar-refractivity contribution in [2.45, 2.75) is 6.18 Å². The van der Waals surface area contributed by atoms with Crippen LogP contribution in [0.2, 0.25) is 0 Å². The van der Waals surface area contributed by atoms with Crippen molar-refractivity contribution < 1.29 is 18.0 Å². The van der Waals surface area contributed by atoms with E-state index in [0.29, 0.717) is 0 Å². The Hall–Kier alpha value is -1.37. The average molecular weight is 207 g/mol. The molecule has 4 nitrogen and oxygen atoms in total. The molecular formula is C7H8F3N3O. The lowest BCUT2D eigenvalue weighted by Crippen LogP contribution is -2.21. The van der Waals surface area contributed by atoms with Gasteiger partial charge in [-0.2, -0.15) is 18.3 Å². The monoisotopic (exact) mass is 207 g/mol. The summed E-state index contributed by atoms with van der Waals surface area (Å²) < 4.78 is 36.7. The Kier molecular flexibility index (Phi) is 2.90. The zero-order valence-corrected chi connectivity index (χ0v) is 7.27. The molecule has 0 atom stereocenters. The first kappa shape index (κ1) is 10.7. The molecule has 0 amide bonds. The standard InChI is InChI=1S/C7H8F3N3O/c1-11-3-5(14)4-2-12-13-6(4)7(8,9)10/h2,11H,3H2,1H3,(H,12,13). The molecule has 0 spiro atoms. The summed E-state index contributed by atoms with van der Waals surface area (Å²) in [6, 6.07) is 0. The van der Waals surface area contributed by atoms with E-state index in [9.17, 15) is 18.0 Å². The summed E-state index contributed by atoms with van der Waals surface area (Å²) in [6.45, 7) is -0.150. The number of likely N-dealkylation sites (N-methyl/N-ethyl adjacent to an activating group) is 1. The molecule has 0 bridgehead atoms. The van der Waals surface area contributed by atoms with Gasteiger partial charge in [0.25, 0.3) is 0 Å². The second-order valence-electron chi connectivity index (χ2n) is 2.61. The molecule has 0 aliphatic carbocycles. The second-order valence-corrected chi connectivity index (χ2v) is 2.61. The van der Waals surface area contributed by atoms with Crippen LogP contribution < -0.4 is 5.32 Å². The number of nitrogens with one attached hydrogen (secondary N) is 2. The number of rotatable bonds is 3. The van der Waals surface area contributed by atoms with Crippen molar-refractivity contribution in [3.63, 3.8) is 0 Å². The molecule has 0 aliphatic heterocycles. The summed E-state index contributed by atoms with van der Waals surface area (Å²) >= 11 is 0. The van der Waals surface area contributed by atoms with Crippen molar-refractivity contribution in [3.8, 4) is 0 Å². The number of aromatic nitrogens is 2.